The number of aromatic nitrogens is 2. The second kappa shape index (κ2) is 7.07. The third kappa shape index (κ3) is 4.42. The molecular weight excluding hydrogens is 298 g/mol. The first-order chi connectivity index (χ1) is 10.4. The first-order valence-electron chi connectivity index (χ1n) is 7.47. The third-order valence-corrected chi connectivity index (χ3v) is 4.95. The van der Waals surface area contributed by atoms with E-state index in [1.165, 1.54) is 0 Å². The van der Waals surface area contributed by atoms with Gasteiger partial charge in [-0.05, 0) is 42.5 Å². The van der Waals surface area contributed by atoms with Crippen LogP contribution in [0.2, 0.25) is 0 Å². The molecule has 0 unspecified atom stereocenters. The van der Waals surface area contributed by atoms with Gasteiger partial charge < -0.3 is 0 Å². The van der Waals surface area contributed by atoms with Crippen LogP contribution in [-0.4, -0.2) is 24.7 Å². The maximum atomic E-state index is 12.2. The summed E-state index contributed by atoms with van der Waals surface area (Å²) in [5.41, 5.74) is 2.24. The molecule has 0 spiro atoms. The fraction of sp³-hybridized carbons (Fsp3) is 0.438. The Morgan fingerprint density at radius 1 is 1.23 bits per heavy atom. The predicted molar refractivity (Wildman–Crippen MR) is 87.3 cm³/mol. The lowest BCUT2D eigenvalue weighted by atomic mass is 10.0. The fourth-order valence-electron chi connectivity index (χ4n) is 2.15. The highest BCUT2D eigenvalue weighted by atomic mass is 32.2. The van der Waals surface area contributed by atoms with E-state index in [9.17, 15) is 8.42 Å². The number of hydrogen-bond donors (Lipinski definition) is 1. The Kier molecular flexibility index (Phi) is 5.37. The predicted octanol–water partition coefficient (Wildman–Crippen LogP) is 2.68. The van der Waals surface area contributed by atoms with Crippen LogP contribution in [0.4, 0.5) is 0 Å². The summed E-state index contributed by atoms with van der Waals surface area (Å²) in [5.74, 6) is 0.391. The zero-order valence-electron chi connectivity index (χ0n) is 13.3. The van der Waals surface area contributed by atoms with Gasteiger partial charge in [-0.15, -0.1) is 0 Å². The maximum absolute atomic E-state index is 12.2. The molecule has 0 amide bonds. The van der Waals surface area contributed by atoms with Crippen molar-refractivity contribution in [1.82, 2.24) is 14.5 Å². The number of hydrogen-bond acceptors (Lipinski definition) is 3. The van der Waals surface area contributed by atoms with Gasteiger partial charge in [0.25, 0.3) is 0 Å². The second-order valence-corrected chi connectivity index (χ2v) is 7.52. The van der Waals surface area contributed by atoms with E-state index in [1.807, 2.05) is 29.9 Å². The summed E-state index contributed by atoms with van der Waals surface area (Å²) >= 11 is 0. The molecule has 0 bridgehead atoms. The maximum Gasteiger partial charge on any atom is 0.240 e. The van der Waals surface area contributed by atoms with Gasteiger partial charge in [0.15, 0.2) is 0 Å². The smallest absolute Gasteiger partial charge is 0.240 e. The van der Waals surface area contributed by atoms with Gasteiger partial charge in [-0.2, -0.15) is 5.10 Å². The Morgan fingerprint density at radius 3 is 2.45 bits per heavy atom. The molecule has 6 heteroatoms. The summed E-state index contributed by atoms with van der Waals surface area (Å²) in [4.78, 5) is 0.312. The minimum atomic E-state index is -3.43. The van der Waals surface area contributed by atoms with Gasteiger partial charge in [-0.1, -0.05) is 26.0 Å². The van der Waals surface area contributed by atoms with E-state index in [-0.39, 0.29) is 0 Å². The summed E-state index contributed by atoms with van der Waals surface area (Å²) in [6.07, 6.45) is 4.43. The van der Waals surface area contributed by atoms with Crippen LogP contribution < -0.4 is 4.72 Å². The van der Waals surface area contributed by atoms with E-state index in [2.05, 4.69) is 23.7 Å². The van der Waals surface area contributed by atoms with Crippen molar-refractivity contribution in [2.75, 3.05) is 6.54 Å². The van der Waals surface area contributed by atoms with Crippen LogP contribution in [0.25, 0.3) is 0 Å². The Labute approximate surface area is 132 Å². The first kappa shape index (κ1) is 16.7. The number of nitrogens with zero attached hydrogens (tertiary/aromatic N) is 2. The topological polar surface area (TPSA) is 64.0 Å². The van der Waals surface area contributed by atoms with Gasteiger partial charge in [0, 0.05) is 19.3 Å². The Hall–Kier alpha value is -1.66. The van der Waals surface area contributed by atoms with Crippen LogP contribution in [-0.2, 0) is 16.6 Å². The summed E-state index contributed by atoms with van der Waals surface area (Å²) in [7, 11) is -3.43. The van der Waals surface area contributed by atoms with Crippen molar-refractivity contribution in [3.05, 3.63) is 47.8 Å². The van der Waals surface area contributed by atoms with Crippen molar-refractivity contribution in [2.45, 2.75) is 44.6 Å². The first-order valence-corrected chi connectivity index (χ1v) is 8.95. The molecule has 0 saturated heterocycles. The van der Waals surface area contributed by atoms with Crippen LogP contribution in [0.1, 0.15) is 37.3 Å². The van der Waals surface area contributed by atoms with Gasteiger partial charge in [0.05, 0.1) is 11.1 Å². The minimum absolute atomic E-state index is 0.312. The highest BCUT2D eigenvalue weighted by molar-refractivity contribution is 7.89. The van der Waals surface area contributed by atoms with Gasteiger partial charge in [0.2, 0.25) is 10.0 Å². The molecule has 2 aromatic rings. The van der Waals surface area contributed by atoms with E-state index in [0.717, 1.165) is 11.1 Å². The molecule has 2 rings (SSSR count). The standard InChI is InChI=1S/C16H23N3O2S/c1-13(2)15-5-7-16(8-6-15)22(20,21)18-9-4-10-19-12-14(3)11-17-19/h5-8,11-13,18H,4,9-10H2,1-3H3. The molecule has 0 aliphatic rings. The number of sulfonamides is 1. The molecule has 0 radical (unpaired) electrons. The van der Waals surface area contributed by atoms with Crippen LogP contribution in [0.5, 0.6) is 0 Å². The molecule has 1 N–H and O–H groups in total. The van der Waals surface area contributed by atoms with E-state index in [4.69, 9.17) is 0 Å². The molecule has 1 aromatic heterocycles. The average molecular weight is 321 g/mol. The quantitative estimate of drug-likeness (QED) is 0.798. The molecule has 120 valence electrons. The number of nitrogens with one attached hydrogen (secondary N) is 1. The largest absolute Gasteiger partial charge is 0.272 e. The molecule has 0 aliphatic heterocycles. The van der Waals surface area contributed by atoms with Crippen LogP contribution in [0, 0.1) is 6.92 Å². The Balaban J connectivity index is 1.87. The lowest BCUT2D eigenvalue weighted by molar-refractivity contribution is 0.553. The zero-order valence-corrected chi connectivity index (χ0v) is 14.1. The van der Waals surface area contributed by atoms with Crippen molar-refractivity contribution in [3.8, 4) is 0 Å². The molecule has 1 aromatic carbocycles. The number of aryl methyl sites for hydroxylation is 2. The van der Waals surface area contributed by atoms with E-state index in [1.54, 1.807) is 18.3 Å². The lowest BCUT2D eigenvalue weighted by Gasteiger charge is -2.09. The number of rotatable bonds is 7. The molecule has 1 heterocycles. The molecule has 0 atom stereocenters. The summed E-state index contributed by atoms with van der Waals surface area (Å²) in [6.45, 7) is 7.24. The fourth-order valence-corrected chi connectivity index (χ4v) is 3.23. The second-order valence-electron chi connectivity index (χ2n) is 5.76. The lowest BCUT2D eigenvalue weighted by Crippen LogP contribution is -2.25. The Morgan fingerprint density at radius 2 is 1.91 bits per heavy atom. The summed E-state index contributed by atoms with van der Waals surface area (Å²) in [5, 5.41) is 4.17. The van der Waals surface area contributed by atoms with Crippen molar-refractivity contribution in [2.24, 2.45) is 0 Å². The van der Waals surface area contributed by atoms with Crippen molar-refractivity contribution in [1.29, 1.82) is 0 Å². The van der Waals surface area contributed by atoms with E-state index in [0.29, 0.717) is 30.3 Å². The van der Waals surface area contributed by atoms with Crippen LogP contribution >= 0.6 is 0 Å². The van der Waals surface area contributed by atoms with E-state index >= 15 is 0 Å². The van der Waals surface area contributed by atoms with Gasteiger partial charge in [-0.25, -0.2) is 13.1 Å². The summed E-state index contributed by atoms with van der Waals surface area (Å²) < 4.78 is 28.8. The van der Waals surface area contributed by atoms with Crippen LogP contribution in [0.15, 0.2) is 41.6 Å². The normalized spacial score (nSPS) is 12.0. The van der Waals surface area contributed by atoms with Gasteiger partial charge >= 0.3 is 0 Å². The SMILES string of the molecule is Cc1cnn(CCCNS(=O)(=O)c2ccc(C(C)C)cc2)c1. The van der Waals surface area contributed by atoms with Gasteiger partial charge in [0.1, 0.15) is 0 Å². The molecule has 22 heavy (non-hydrogen) atoms. The highest BCUT2D eigenvalue weighted by Gasteiger charge is 2.13. The molecule has 0 fully saturated rings. The van der Waals surface area contributed by atoms with Crippen molar-refractivity contribution in [3.63, 3.8) is 0 Å². The molecule has 5 nitrogen and oxygen atoms in total. The van der Waals surface area contributed by atoms with E-state index < -0.39 is 10.0 Å². The Bertz CT molecular complexity index is 703. The van der Waals surface area contributed by atoms with Crippen LogP contribution in [0.3, 0.4) is 0 Å². The molecule has 0 saturated carbocycles. The van der Waals surface area contributed by atoms with Crippen molar-refractivity contribution < 1.29 is 8.42 Å². The molecule has 0 aliphatic carbocycles. The third-order valence-electron chi connectivity index (χ3n) is 3.48. The highest BCUT2D eigenvalue weighted by Crippen LogP contribution is 2.17. The monoisotopic (exact) mass is 321 g/mol. The number of benzene rings is 1. The minimum Gasteiger partial charge on any atom is -0.272 e. The average Bonchev–Trinajstić information content (AvgIpc) is 2.89. The molecular formula is C16H23N3O2S. The van der Waals surface area contributed by atoms with Gasteiger partial charge in [-0.3, -0.25) is 4.68 Å². The van der Waals surface area contributed by atoms with Crippen molar-refractivity contribution >= 4 is 10.0 Å². The zero-order chi connectivity index (χ0) is 16.2. The summed E-state index contributed by atoms with van der Waals surface area (Å²) in [6, 6.07) is 7.06.